The van der Waals surface area contributed by atoms with Crippen molar-refractivity contribution in [2.24, 2.45) is 5.92 Å². The molecule has 0 aromatic heterocycles. The van der Waals surface area contributed by atoms with E-state index in [4.69, 9.17) is 0 Å². The van der Waals surface area contributed by atoms with Crippen molar-refractivity contribution in [2.75, 3.05) is 0 Å². The third-order valence-electron chi connectivity index (χ3n) is 5.47. The molecular weight excluding hydrogens is 300 g/mol. The molecule has 1 saturated carbocycles. The van der Waals surface area contributed by atoms with Crippen molar-refractivity contribution in [3.8, 4) is 11.8 Å². The minimum Gasteiger partial charge on any atom is -0.0945 e. The largest absolute Gasteiger partial charge is 0.0945 e. The summed E-state index contributed by atoms with van der Waals surface area (Å²) in [5.74, 6) is 8.19. The van der Waals surface area contributed by atoms with E-state index in [1.807, 2.05) is 0 Å². The zero-order valence-corrected chi connectivity index (χ0v) is 15.7. The predicted octanol–water partition coefficient (Wildman–Crippen LogP) is 6.66. The fourth-order valence-corrected chi connectivity index (χ4v) is 3.73. The minimum absolute atomic E-state index is 0.571. The monoisotopic (exact) mass is 330 g/mol. The minimum atomic E-state index is 0.571. The van der Waals surface area contributed by atoms with Crippen LogP contribution >= 0.6 is 0 Å². The second-order valence-electron chi connectivity index (χ2n) is 7.53. The highest BCUT2D eigenvalue weighted by molar-refractivity contribution is 5.36. The van der Waals surface area contributed by atoms with E-state index in [0.717, 1.165) is 11.5 Å². The summed E-state index contributed by atoms with van der Waals surface area (Å²) in [5.41, 5.74) is 5.47. The highest BCUT2D eigenvalue weighted by atomic mass is 14.2. The van der Waals surface area contributed by atoms with E-state index < -0.39 is 0 Å². The number of hydrogen-bond donors (Lipinski definition) is 0. The van der Waals surface area contributed by atoms with Gasteiger partial charge in [-0.3, -0.25) is 0 Å². The van der Waals surface area contributed by atoms with Gasteiger partial charge in [0.15, 0.2) is 0 Å². The highest BCUT2D eigenvalue weighted by Crippen LogP contribution is 2.35. The standard InChI is InChI=1S/C25H30/c1-3-4-5-21-12-16-24(17-13-21)25-18-14-23(15-19-25)11-10-22-8-6-20(2)7-9-22/h6-9,12-13,16-17,23,25H,3-5,14-15,18-19H2,1-2H3. The first-order valence-corrected chi connectivity index (χ1v) is 9.91. The molecule has 2 aromatic rings. The van der Waals surface area contributed by atoms with Gasteiger partial charge in [0.2, 0.25) is 0 Å². The summed E-state index contributed by atoms with van der Waals surface area (Å²) in [6, 6.07) is 18.0. The first kappa shape index (κ1) is 17.8. The lowest BCUT2D eigenvalue weighted by Gasteiger charge is -2.26. The molecular formula is C25H30. The van der Waals surface area contributed by atoms with Gasteiger partial charge >= 0.3 is 0 Å². The van der Waals surface area contributed by atoms with E-state index in [1.54, 1.807) is 0 Å². The normalized spacial score (nSPS) is 19.9. The van der Waals surface area contributed by atoms with Gasteiger partial charge in [-0.1, -0.05) is 67.1 Å². The van der Waals surface area contributed by atoms with Gasteiger partial charge in [-0.05, 0) is 74.6 Å². The first-order valence-electron chi connectivity index (χ1n) is 9.91. The van der Waals surface area contributed by atoms with Crippen LogP contribution in [0.4, 0.5) is 0 Å². The van der Waals surface area contributed by atoms with Crippen LogP contribution in [0.5, 0.6) is 0 Å². The van der Waals surface area contributed by atoms with Crippen LogP contribution in [-0.2, 0) is 6.42 Å². The van der Waals surface area contributed by atoms with E-state index in [1.165, 1.54) is 61.6 Å². The number of benzene rings is 2. The Morgan fingerprint density at radius 2 is 1.56 bits per heavy atom. The van der Waals surface area contributed by atoms with Crippen molar-refractivity contribution < 1.29 is 0 Å². The highest BCUT2D eigenvalue weighted by Gasteiger charge is 2.21. The van der Waals surface area contributed by atoms with Crippen LogP contribution in [0, 0.1) is 24.7 Å². The molecule has 0 aliphatic heterocycles. The van der Waals surface area contributed by atoms with Crippen LogP contribution in [0.2, 0.25) is 0 Å². The van der Waals surface area contributed by atoms with Crippen LogP contribution < -0.4 is 0 Å². The van der Waals surface area contributed by atoms with Crippen molar-refractivity contribution >= 4 is 0 Å². The molecule has 0 heteroatoms. The quantitative estimate of drug-likeness (QED) is 0.550. The number of hydrogen-bond acceptors (Lipinski definition) is 0. The van der Waals surface area contributed by atoms with Crippen molar-refractivity contribution in [2.45, 2.75) is 64.7 Å². The number of rotatable bonds is 4. The van der Waals surface area contributed by atoms with Crippen molar-refractivity contribution in [1.82, 2.24) is 0 Å². The van der Waals surface area contributed by atoms with Gasteiger partial charge in [-0.15, -0.1) is 0 Å². The Balaban J connectivity index is 1.52. The molecule has 0 N–H and O–H groups in total. The predicted molar refractivity (Wildman–Crippen MR) is 108 cm³/mol. The van der Waals surface area contributed by atoms with Crippen LogP contribution in [-0.4, -0.2) is 0 Å². The molecule has 25 heavy (non-hydrogen) atoms. The molecule has 0 amide bonds. The summed E-state index contributed by atoms with van der Waals surface area (Å²) in [4.78, 5) is 0. The smallest absolute Gasteiger partial charge is 0.0245 e. The lowest BCUT2D eigenvalue weighted by Crippen LogP contribution is -2.12. The number of unbranched alkanes of at least 4 members (excludes halogenated alkanes) is 1. The van der Waals surface area contributed by atoms with E-state index in [2.05, 4.69) is 74.2 Å². The van der Waals surface area contributed by atoms with Crippen molar-refractivity contribution in [3.63, 3.8) is 0 Å². The van der Waals surface area contributed by atoms with E-state index >= 15 is 0 Å². The Kier molecular flexibility index (Phi) is 6.35. The van der Waals surface area contributed by atoms with Crippen molar-refractivity contribution in [3.05, 3.63) is 70.8 Å². The lowest BCUT2D eigenvalue weighted by atomic mass is 9.78. The fraction of sp³-hybridized carbons (Fsp3) is 0.440. The topological polar surface area (TPSA) is 0 Å². The Morgan fingerprint density at radius 3 is 2.20 bits per heavy atom. The third-order valence-corrected chi connectivity index (χ3v) is 5.47. The van der Waals surface area contributed by atoms with Gasteiger partial charge in [0.05, 0.1) is 0 Å². The molecule has 0 unspecified atom stereocenters. The van der Waals surface area contributed by atoms with Crippen molar-refractivity contribution in [1.29, 1.82) is 0 Å². The van der Waals surface area contributed by atoms with E-state index in [9.17, 15) is 0 Å². The summed E-state index contributed by atoms with van der Waals surface area (Å²) >= 11 is 0. The Bertz CT molecular complexity index is 701. The average Bonchev–Trinajstić information content (AvgIpc) is 2.67. The van der Waals surface area contributed by atoms with Gasteiger partial charge in [-0.25, -0.2) is 0 Å². The molecule has 2 aromatic carbocycles. The molecule has 1 fully saturated rings. The van der Waals surface area contributed by atoms with E-state index in [-0.39, 0.29) is 0 Å². The van der Waals surface area contributed by atoms with E-state index in [0.29, 0.717) is 5.92 Å². The summed E-state index contributed by atoms with van der Waals surface area (Å²) in [6.07, 6.45) is 8.82. The van der Waals surface area contributed by atoms with Gasteiger partial charge in [0.25, 0.3) is 0 Å². The SMILES string of the molecule is CCCCc1ccc(C2CCC(C#Cc3ccc(C)cc3)CC2)cc1. The summed E-state index contributed by atoms with van der Waals surface area (Å²) < 4.78 is 0. The van der Waals surface area contributed by atoms with Crippen LogP contribution in [0.1, 0.15) is 73.6 Å². The number of aryl methyl sites for hydroxylation is 2. The Morgan fingerprint density at radius 1 is 0.880 bits per heavy atom. The molecule has 3 rings (SSSR count). The maximum absolute atomic E-state index is 3.51. The average molecular weight is 331 g/mol. The molecule has 1 aliphatic rings. The molecule has 0 nitrogen and oxygen atoms in total. The molecule has 0 bridgehead atoms. The summed E-state index contributed by atoms with van der Waals surface area (Å²) in [7, 11) is 0. The Hall–Kier alpha value is -2.00. The Labute approximate surface area is 153 Å². The van der Waals surface area contributed by atoms with Gasteiger partial charge < -0.3 is 0 Å². The molecule has 0 spiro atoms. The second kappa shape index (κ2) is 8.91. The van der Waals surface area contributed by atoms with Gasteiger partial charge in [0, 0.05) is 11.5 Å². The molecule has 0 saturated heterocycles. The third kappa shape index (κ3) is 5.23. The second-order valence-corrected chi connectivity index (χ2v) is 7.53. The van der Waals surface area contributed by atoms with Crippen LogP contribution in [0.25, 0.3) is 0 Å². The molecule has 0 heterocycles. The van der Waals surface area contributed by atoms with Crippen LogP contribution in [0.15, 0.2) is 48.5 Å². The van der Waals surface area contributed by atoms with Crippen LogP contribution in [0.3, 0.4) is 0 Å². The molecule has 0 radical (unpaired) electrons. The van der Waals surface area contributed by atoms with Gasteiger partial charge in [-0.2, -0.15) is 0 Å². The molecule has 1 aliphatic carbocycles. The summed E-state index contributed by atoms with van der Waals surface area (Å²) in [6.45, 7) is 4.38. The maximum Gasteiger partial charge on any atom is 0.0245 e. The molecule has 130 valence electrons. The summed E-state index contributed by atoms with van der Waals surface area (Å²) in [5, 5.41) is 0. The maximum atomic E-state index is 3.51. The van der Waals surface area contributed by atoms with Gasteiger partial charge in [0.1, 0.15) is 0 Å². The zero-order chi connectivity index (χ0) is 17.5. The first-order chi connectivity index (χ1) is 12.2. The molecule has 0 atom stereocenters. The lowest BCUT2D eigenvalue weighted by molar-refractivity contribution is 0.384. The zero-order valence-electron chi connectivity index (χ0n) is 15.7. The fourth-order valence-electron chi connectivity index (χ4n) is 3.73.